The van der Waals surface area contributed by atoms with Gasteiger partial charge in [-0.2, -0.15) is 0 Å². The molecule has 1 aromatic carbocycles. The smallest absolute Gasteiger partial charge is 0.120 e. The molecule has 0 aliphatic rings. The summed E-state index contributed by atoms with van der Waals surface area (Å²) in [4.78, 5) is 0. The minimum absolute atomic E-state index is 0.407. The molecule has 108 valence electrons. The van der Waals surface area contributed by atoms with E-state index in [2.05, 4.69) is 60.2 Å². The van der Waals surface area contributed by atoms with Crippen LogP contribution in [0.25, 0.3) is 0 Å². The summed E-state index contributed by atoms with van der Waals surface area (Å²) in [5.41, 5.74) is 1.33. The molecule has 1 aromatic rings. The van der Waals surface area contributed by atoms with Crippen LogP contribution >= 0.6 is 15.9 Å². The summed E-state index contributed by atoms with van der Waals surface area (Å²) < 4.78 is 6.68. The van der Waals surface area contributed by atoms with Crippen molar-refractivity contribution in [1.29, 1.82) is 0 Å². The molecule has 0 saturated carbocycles. The summed E-state index contributed by atoms with van der Waals surface area (Å²) in [5, 5.41) is 3.62. The molecule has 0 bridgehead atoms. The summed E-state index contributed by atoms with van der Waals surface area (Å²) in [6, 6.07) is 6.73. The topological polar surface area (TPSA) is 21.3 Å². The second kappa shape index (κ2) is 8.60. The van der Waals surface area contributed by atoms with Gasteiger partial charge in [-0.25, -0.2) is 0 Å². The standard InChI is InChI=1S/C16H26BrNO/c1-5-12(6-2)16(18-7-3)14-10-9-13(19-8-4)11-15(14)17/h9-12,16,18H,5-8H2,1-4H3. The third kappa shape index (κ3) is 4.50. The van der Waals surface area contributed by atoms with Crippen LogP contribution in [0.15, 0.2) is 22.7 Å². The highest BCUT2D eigenvalue weighted by Crippen LogP contribution is 2.34. The molecular weight excluding hydrogens is 302 g/mol. The molecule has 0 aliphatic heterocycles. The second-order valence-electron chi connectivity index (χ2n) is 4.73. The van der Waals surface area contributed by atoms with Crippen molar-refractivity contribution in [1.82, 2.24) is 5.32 Å². The van der Waals surface area contributed by atoms with Gasteiger partial charge in [0.1, 0.15) is 5.75 Å². The lowest BCUT2D eigenvalue weighted by Crippen LogP contribution is -2.28. The normalized spacial score (nSPS) is 12.7. The van der Waals surface area contributed by atoms with Gasteiger partial charge in [-0.1, -0.05) is 55.6 Å². The Kier molecular flexibility index (Phi) is 7.47. The first kappa shape index (κ1) is 16.5. The zero-order valence-electron chi connectivity index (χ0n) is 12.5. The van der Waals surface area contributed by atoms with Gasteiger partial charge in [0, 0.05) is 10.5 Å². The Bertz CT molecular complexity index is 377. The van der Waals surface area contributed by atoms with E-state index in [4.69, 9.17) is 4.74 Å². The first-order valence-electron chi connectivity index (χ1n) is 7.33. The van der Waals surface area contributed by atoms with Crippen LogP contribution in [-0.2, 0) is 0 Å². The summed E-state index contributed by atoms with van der Waals surface area (Å²) >= 11 is 3.69. The van der Waals surface area contributed by atoms with E-state index >= 15 is 0 Å². The predicted molar refractivity (Wildman–Crippen MR) is 85.8 cm³/mol. The molecule has 0 heterocycles. The zero-order valence-corrected chi connectivity index (χ0v) is 14.1. The molecule has 0 radical (unpaired) electrons. The molecule has 0 saturated heterocycles. The van der Waals surface area contributed by atoms with Crippen molar-refractivity contribution in [3.63, 3.8) is 0 Å². The highest BCUT2D eigenvalue weighted by molar-refractivity contribution is 9.10. The lowest BCUT2D eigenvalue weighted by Gasteiger charge is -2.27. The predicted octanol–water partition coefficient (Wildman–Crippen LogP) is 4.93. The van der Waals surface area contributed by atoms with E-state index in [1.807, 2.05) is 6.92 Å². The summed E-state index contributed by atoms with van der Waals surface area (Å²) in [6.07, 6.45) is 2.38. The van der Waals surface area contributed by atoms with Crippen molar-refractivity contribution in [2.45, 2.75) is 46.6 Å². The quantitative estimate of drug-likeness (QED) is 0.730. The van der Waals surface area contributed by atoms with Crippen LogP contribution in [0.3, 0.4) is 0 Å². The second-order valence-corrected chi connectivity index (χ2v) is 5.58. The average Bonchev–Trinajstić information content (AvgIpc) is 2.40. The first-order chi connectivity index (χ1) is 9.17. The van der Waals surface area contributed by atoms with Gasteiger partial charge in [0.15, 0.2) is 0 Å². The molecule has 1 atom stereocenters. The number of benzene rings is 1. The van der Waals surface area contributed by atoms with Crippen LogP contribution in [0.1, 0.15) is 52.1 Å². The maximum Gasteiger partial charge on any atom is 0.120 e. The van der Waals surface area contributed by atoms with Crippen LogP contribution < -0.4 is 10.1 Å². The van der Waals surface area contributed by atoms with E-state index in [0.29, 0.717) is 18.6 Å². The molecular formula is C16H26BrNO. The number of nitrogens with one attached hydrogen (secondary N) is 1. The van der Waals surface area contributed by atoms with Gasteiger partial charge in [0.25, 0.3) is 0 Å². The molecule has 0 fully saturated rings. The fraction of sp³-hybridized carbons (Fsp3) is 0.625. The van der Waals surface area contributed by atoms with Crippen LogP contribution in [0.4, 0.5) is 0 Å². The Labute approximate surface area is 126 Å². The third-order valence-electron chi connectivity index (χ3n) is 3.56. The Hall–Kier alpha value is -0.540. The number of ether oxygens (including phenoxy) is 1. The number of hydrogen-bond acceptors (Lipinski definition) is 2. The maximum absolute atomic E-state index is 5.54. The SMILES string of the molecule is CCNC(c1ccc(OCC)cc1Br)C(CC)CC. The Morgan fingerprint density at radius 1 is 1.16 bits per heavy atom. The van der Waals surface area contributed by atoms with E-state index in [-0.39, 0.29) is 0 Å². The van der Waals surface area contributed by atoms with Crippen molar-refractivity contribution in [3.8, 4) is 5.75 Å². The Morgan fingerprint density at radius 3 is 2.32 bits per heavy atom. The van der Waals surface area contributed by atoms with Gasteiger partial charge < -0.3 is 10.1 Å². The molecule has 0 amide bonds. The van der Waals surface area contributed by atoms with Crippen molar-refractivity contribution >= 4 is 15.9 Å². The maximum atomic E-state index is 5.54. The summed E-state index contributed by atoms with van der Waals surface area (Å²) in [5.74, 6) is 1.59. The third-order valence-corrected chi connectivity index (χ3v) is 4.25. The minimum Gasteiger partial charge on any atom is -0.494 e. The number of halogens is 1. The molecule has 1 rings (SSSR count). The van der Waals surface area contributed by atoms with E-state index in [1.54, 1.807) is 0 Å². The van der Waals surface area contributed by atoms with E-state index in [0.717, 1.165) is 16.8 Å². The van der Waals surface area contributed by atoms with Gasteiger partial charge in [-0.15, -0.1) is 0 Å². The molecule has 0 aromatic heterocycles. The lowest BCUT2D eigenvalue weighted by molar-refractivity contribution is 0.335. The molecule has 0 aliphatic carbocycles. The van der Waals surface area contributed by atoms with Crippen LogP contribution in [-0.4, -0.2) is 13.2 Å². The van der Waals surface area contributed by atoms with Crippen molar-refractivity contribution in [2.24, 2.45) is 5.92 Å². The van der Waals surface area contributed by atoms with Gasteiger partial charge in [0.05, 0.1) is 6.61 Å². The van der Waals surface area contributed by atoms with Gasteiger partial charge in [-0.3, -0.25) is 0 Å². The molecule has 1 unspecified atom stereocenters. The van der Waals surface area contributed by atoms with Crippen LogP contribution in [0.5, 0.6) is 5.75 Å². The largest absolute Gasteiger partial charge is 0.494 e. The average molecular weight is 328 g/mol. The minimum atomic E-state index is 0.407. The number of hydrogen-bond donors (Lipinski definition) is 1. The van der Waals surface area contributed by atoms with Crippen LogP contribution in [0, 0.1) is 5.92 Å². The van der Waals surface area contributed by atoms with Crippen molar-refractivity contribution in [3.05, 3.63) is 28.2 Å². The first-order valence-corrected chi connectivity index (χ1v) is 8.12. The molecule has 1 N–H and O–H groups in total. The lowest BCUT2D eigenvalue weighted by atomic mass is 9.89. The van der Waals surface area contributed by atoms with E-state index in [9.17, 15) is 0 Å². The van der Waals surface area contributed by atoms with Crippen LogP contribution in [0.2, 0.25) is 0 Å². The monoisotopic (exact) mass is 327 g/mol. The van der Waals surface area contributed by atoms with Gasteiger partial charge in [-0.05, 0) is 37.1 Å². The molecule has 2 nitrogen and oxygen atoms in total. The fourth-order valence-electron chi connectivity index (χ4n) is 2.53. The summed E-state index contributed by atoms with van der Waals surface area (Å²) in [6.45, 7) is 10.4. The van der Waals surface area contributed by atoms with Gasteiger partial charge >= 0.3 is 0 Å². The molecule has 0 spiro atoms. The van der Waals surface area contributed by atoms with Crippen molar-refractivity contribution < 1.29 is 4.74 Å². The summed E-state index contributed by atoms with van der Waals surface area (Å²) in [7, 11) is 0. The van der Waals surface area contributed by atoms with Crippen molar-refractivity contribution in [2.75, 3.05) is 13.2 Å². The molecule has 19 heavy (non-hydrogen) atoms. The molecule has 3 heteroatoms. The Morgan fingerprint density at radius 2 is 1.84 bits per heavy atom. The highest BCUT2D eigenvalue weighted by atomic mass is 79.9. The zero-order chi connectivity index (χ0) is 14.3. The van der Waals surface area contributed by atoms with Gasteiger partial charge in [0.2, 0.25) is 0 Å². The number of rotatable bonds is 8. The Balaban J connectivity index is 3.01. The fourth-order valence-corrected chi connectivity index (χ4v) is 3.13. The highest BCUT2D eigenvalue weighted by Gasteiger charge is 2.21. The van der Waals surface area contributed by atoms with E-state index < -0.39 is 0 Å². The van der Waals surface area contributed by atoms with E-state index in [1.165, 1.54) is 18.4 Å².